The number of aliphatic hydroxyl groups excluding tert-OH is 1. The van der Waals surface area contributed by atoms with Crippen LogP contribution in [0.15, 0.2) is 48.5 Å². The van der Waals surface area contributed by atoms with E-state index in [2.05, 4.69) is 0 Å². The minimum absolute atomic E-state index is 0.202. The van der Waals surface area contributed by atoms with Crippen molar-refractivity contribution in [1.29, 1.82) is 0 Å². The van der Waals surface area contributed by atoms with Crippen molar-refractivity contribution in [1.82, 2.24) is 9.80 Å². The number of hydrogen-bond acceptors (Lipinski definition) is 7. The Hall–Kier alpha value is -2.69. The third-order valence-corrected chi connectivity index (χ3v) is 7.30. The Morgan fingerprint density at radius 3 is 2.51 bits per heavy atom. The standard InChI is InChI=1S/C28H39N3O6/c1-20-9-3-5-11-24(20)37-25-12-6-4-10-21(25)28(34,13-7-8-15-35-2)26-19-30(14-16-36-26)27(33)31-17-22(29)23(32)18-31/h3-6,9-12,22-23,26,32,34H,7-8,13-19,29H2,1-2H3. The van der Waals surface area contributed by atoms with Crippen molar-refractivity contribution in [3.05, 3.63) is 59.7 Å². The molecule has 4 unspecified atom stereocenters. The van der Waals surface area contributed by atoms with Crippen molar-refractivity contribution in [3.8, 4) is 11.5 Å². The fraction of sp³-hybridized carbons (Fsp3) is 0.536. The quantitative estimate of drug-likeness (QED) is 0.441. The zero-order valence-corrected chi connectivity index (χ0v) is 21.7. The van der Waals surface area contributed by atoms with Crippen LogP contribution in [0.4, 0.5) is 4.79 Å². The number of rotatable bonds is 9. The third kappa shape index (κ3) is 6.25. The maximum atomic E-state index is 13.3. The number of nitrogens with zero attached hydrogens (tertiary/aromatic N) is 2. The third-order valence-electron chi connectivity index (χ3n) is 7.30. The van der Waals surface area contributed by atoms with Gasteiger partial charge in [0.2, 0.25) is 0 Å². The maximum Gasteiger partial charge on any atom is 0.320 e. The van der Waals surface area contributed by atoms with Gasteiger partial charge in [-0.2, -0.15) is 0 Å². The second kappa shape index (κ2) is 12.2. The second-order valence-corrected chi connectivity index (χ2v) is 9.96. The van der Waals surface area contributed by atoms with Gasteiger partial charge in [0.15, 0.2) is 0 Å². The smallest absolute Gasteiger partial charge is 0.320 e. The summed E-state index contributed by atoms with van der Waals surface area (Å²) < 4.78 is 17.7. The van der Waals surface area contributed by atoms with E-state index in [9.17, 15) is 15.0 Å². The first-order valence-corrected chi connectivity index (χ1v) is 13.0. The largest absolute Gasteiger partial charge is 0.457 e. The molecule has 4 atom stereocenters. The average Bonchev–Trinajstić information content (AvgIpc) is 3.25. The summed E-state index contributed by atoms with van der Waals surface area (Å²) in [5, 5.41) is 22.4. The van der Waals surface area contributed by atoms with E-state index in [1.807, 2.05) is 55.5 Å². The second-order valence-electron chi connectivity index (χ2n) is 9.96. The number of benzene rings is 2. The number of aliphatic hydroxyl groups is 2. The molecule has 0 aromatic heterocycles. The predicted octanol–water partition coefficient (Wildman–Crippen LogP) is 2.62. The molecule has 4 rings (SSSR count). The highest BCUT2D eigenvalue weighted by Gasteiger charge is 2.45. The molecule has 0 spiro atoms. The van der Waals surface area contributed by atoms with Crippen LogP contribution in [0.2, 0.25) is 0 Å². The van der Waals surface area contributed by atoms with Crippen LogP contribution in [0, 0.1) is 6.92 Å². The summed E-state index contributed by atoms with van der Waals surface area (Å²) in [6.45, 7) is 3.97. The number of methoxy groups -OCH3 is 1. The first-order valence-electron chi connectivity index (χ1n) is 13.0. The van der Waals surface area contributed by atoms with E-state index in [0.29, 0.717) is 56.2 Å². The molecule has 9 heteroatoms. The highest BCUT2D eigenvalue weighted by atomic mass is 16.5. The number of para-hydroxylation sites is 2. The lowest BCUT2D eigenvalue weighted by molar-refractivity contribution is -0.147. The zero-order chi connectivity index (χ0) is 26.4. The Kier molecular flexibility index (Phi) is 9.04. The number of ether oxygens (including phenoxy) is 3. The topological polar surface area (TPSA) is 118 Å². The van der Waals surface area contributed by atoms with E-state index >= 15 is 0 Å². The van der Waals surface area contributed by atoms with Crippen LogP contribution in [0.1, 0.15) is 30.4 Å². The van der Waals surface area contributed by atoms with Gasteiger partial charge in [0.1, 0.15) is 23.2 Å². The molecular formula is C28H39N3O6. The number of hydrogen-bond donors (Lipinski definition) is 3. The summed E-state index contributed by atoms with van der Waals surface area (Å²) in [6.07, 6.45) is 0.479. The van der Waals surface area contributed by atoms with Gasteiger partial charge in [-0.05, 0) is 43.9 Å². The molecule has 2 aromatic carbocycles. The number of carbonyl (C=O) groups excluding carboxylic acids is 1. The summed E-state index contributed by atoms with van der Waals surface area (Å²) in [5.74, 6) is 1.26. The molecule has 4 N–H and O–H groups in total. The number of carbonyl (C=O) groups is 1. The van der Waals surface area contributed by atoms with Crippen LogP contribution in [0.25, 0.3) is 0 Å². The molecule has 0 radical (unpaired) electrons. The van der Waals surface area contributed by atoms with Crippen molar-refractivity contribution in [2.24, 2.45) is 5.73 Å². The van der Waals surface area contributed by atoms with E-state index in [1.165, 1.54) is 0 Å². The molecule has 2 fully saturated rings. The molecule has 2 aliphatic heterocycles. The minimum atomic E-state index is -1.41. The molecule has 9 nitrogen and oxygen atoms in total. The first kappa shape index (κ1) is 27.3. The Morgan fingerprint density at radius 1 is 1.08 bits per heavy atom. The fourth-order valence-corrected chi connectivity index (χ4v) is 5.09. The van der Waals surface area contributed by atoms with Gasteiger partial charge in [-0.15, -0.1) is 0 Å². The Morgan fingerprint density at radius 2 is 1.81 bits per heavy atom. The molecule has 0 aliphatic carbocycles. The van der Waals surface area contributed by atoms with Crippen molar-refractivity contribution >= 4 is 6.03 Å². The van der Waals surface area contributed by atoms with E-state index < -0.39 is 23.9 Å². The van der Waals surface area contributed by atoms with Crippen LogP contribution in [-0.2, 0) is 15.1 Å². The van der Waals surface area contributed by atoms with Crippen LogP contribution < -0.4 is 10.5 Å². The number of morpholine rings is 1. The van der Waals surface area contributed by atoms with Crippen molar-refractivity contribution in [2.75, 3.05) is 46.5 Å². The molecule has 0 saturated carbocycles. The molecular weight excluding hydrogens is 474 g/mol. The predicted molar refractivity (Wildman–Crippen MR) is 140 cm³/mol. The Bertz CT molecular complexity index is 1040. The van der Waals surface area contributed by atoms with E-state index in [0.717, 1.165) is 12.0 Å². The molecule has 2 saturated heterocycles. The molecule has 2 aliphatic rings. The van der Waals surface area contributed by atoms with Gasteiger partial charge < -0.3 is 40.0 Å². The Labute approximate surface area is 218 Å². The monoisotopic (exact) mass is 513 g/mol. The minimum Gasteiger partial charge on any atom is -0.457 e. The molecule has 2 aromatic rings. The number of urea groups is 1. The van der Waals surface area contributed by atoms with Gasteiger partial charge in [0, 0.05) is 45.0 Å². The lowest BCUT2D eigenvalue weighted by Gasteiger charge is -2.43. The van der Waals surface area contributed by atoms with E-state index in [4.69, 9.17) is 19.9 Å². The van der Waals surface area contributed by atoms with Gasteiger partial charge in [-0.1, -0.05) is 36.4 Å². The number of nitrogens with two attached hydrogens (primary N) is 1. The van der Waals surface area contributed by atoms with Gasteiger partial charge >= 0.3 is 6.03 Å². The van der Waals surface area contributed by atoms with Crippen molar-refractivity contribution in [3.63, 3.8) is 0 Å². The number of likely N-dealkylation sites (tertiary alicyclic amines) is 1. The number of unbranched alkanes of at least 4 members (excludes halogenated alkanes) is 1. The molecule has 37 heavy (non-hydrogen) atoms. The number of β-amino-alcohol motifs (C(OH)–C–C–N with tert-alkyl or cyclic N) is 1. The zero-order valence-electron chi connectivity index (χ0n) is 21.7. The summed E-state index contributed by atoms with van der Waals surface area (Å²) in [6, 6.07) is 14.5. The molecule has 2 heterocycles. The van der Waals surface area contributed by atoms with Crippen molar-refractivity contribution < 1.29 is 29.2 Å². The Balaban J connectivity index is 1.61. The van der Waals surface area contributed by atoms with Crippen LogP contribution >= 0.6 is 0 Å². The highest BCUT2D eigenvalue weighted by molar-refractivity contribution is 5.75. The van der Waals surface area contributed by atoms with Crippen molar-refractivity contribution in [2.45, 2.75) is 50.0 Å². The van der Waals surface area contributed by atoms with Gasteiger partial charge in [0.25, 0.3) is 0 Å². The van der Waals surface area contributed by atoms with Crippen LogP contribution in [0.3, 0.4) is 0 Å². The first-order chi connectivity index (χ1) is 17.8. The lowest BCUT2D eigenvalue weighted by atomic mass is 9.82. The average molecular weight is 514 g/mol. The summed E-state index contributed by atoms with van der Waals surface area (Å²) in [4.78, 5) is 16.5. The molecule has 0 bridgehead atoms. The van der Waals surface area contributed by atoms with E-state index in [1.54, 1.807) is 16.9 Å². The summed E-state index contributed by atoms with van der Waals surface area (Å²) in [5.41, 5.74) is 6.12. The summed E-state index contributed by atoms with van der Waals surface area (Å²) in [7, 11) is 1.66. The highest BCUT2D eigenvalue weighted by Crippen LogP contribution is 2.41. The number of aryl methyl sites for hydroxylation is 1. The number of amides is 2. The fourth-order valence-electron chi connectivity index (χ4n) is 5.09. The SMILES string of the molecule is COCCCCC(O)(c1ccccc1Oc1ccccc1C)C1CN(C(=O)N2CC(N)C(O)C2)CCO1. The molecule has 2 amide bonds. The van der Waals surface area contributed by atoms with Gasteiger partial charge in [-0.3, -0.25) is 0 Å². The van der Waals surface area contributed by atoms with E-state index in [-0.39, 0.29) is 19.1 Å². The maximum absolute atomic E-state index is 13.3. The van der Waals surface area contributed by atoms with Gasteiger partial charge in [-0.25, -0.2) is 4.79 Å². The lowest BCUT2D eigenvalue weighted by Crippen LogP contribution is -2.56. The van der Waals surface area contributed by atoms with Crippen LogP contribution in [0.5, 0.6) is 11.5 Å². The van der Waals surface area contributed by atoms with Crippen LogP contribution in [-0.4, -0.2) is 90.8 Å². The molecule has 202 valence electrons. The normalized spacial score (nSPS) is 23.6. The van der Waals surface area contributed by atoms with Gasteiger partial charge in [0.05, 0.1) is 19.3 Å². The summed E-state index contributed by atoms with van der Waals surface area (Å²) >= 11 is 0.